The number of alkyl halides is 3. The average Bonchev–Trinajstić information content (AvgIpc) is 3.69. The van der Waals surface area contributed by atoms with Gasteiger partial charge in [0.2, 0.25) is 5.91 Å². The summed E-state index contributed by atoms with van der Waals surface area (Å²) in [6, 6.07) is -0.779. The molecule has 2 amide bonds. The van der Waals surface area contributed by atoms with Crippen LogP contribution in [-0.4, -0.2) is 59.1 Å². The number of aromatic nitrogens is 7. The maximum Gasteiger partial charge on any atom is 0.408 e. The van der Waals surface area contributed by atoms with Gasteiger partial charge in [-0.1, -0.05) is 10.4 Å². The van der Waals surface area contributed by atoms with Gasteiger partial charge in [-0.15, -0.1) is 5.10 Å². The Morgan fingerprint density at radius 1 is 1.14 bits per heavy atom. The first kappa shape index (κ1) is 23.9. The van der Waals surface area contributed by atoms with E-state index < -0.39 is 24.7 Å². The van der Waals surface area contributed by atoms with Gasteiger partial charge >= 0.3 is 6.18 Å². The number of halogens is 3. The molecule has 0 aromatic carbocycles. The maximum absolute atomic E-state index is 13.4. The van der Waals surface area contributed by atoms with Crippen LogP contribution in [0.3, 0.4) is 0 Å². The molecule has 2 fully saturated rings. The molecule has 15 heteroatoms. The highest BCUT2D eigenvalue weighted by Crippen LogP contribution is 2.50. The van der Waals surface area contributed by atoms with Gasteiger partial charge in [0.15, 0.2) is 5.69 Å². The standard InChI is InChI=1S/C21H24F3N9O3/c1-11-17(30-36-29-11)19(34)27-18(16(12-2-3-12)13-4-5-13)20(35)26-14-6-25-32(7-14)8-15-9-33(31-28-15)10-21(22,23)24/h6-7,9,12-13,16,18H,2-5,8,10H2,1H3,(H,26,35)(H,27,34)/t18-/m0/s1. The Bertz CT molecular complexity index is 1230. The van der Waals surface area contributed by atoms with Crippen LogP contribution in [0.15, 0.2) is 23.2 Å². The molecule has 1 atom stereocenters. The largest absolute Gasteiger partial charge is 0.408 e. The molecule has 5 rings (SSSR count). The summed E-state index contributed by atoms with van der Waals surface area (Å²) in [6.45, 7) is 0.426. The van der Waals surface area contributed by atoms with Crippen LogP contribution in [0.5, 0.6) is 0 Å². The third kappa shape index (κ3) is 5.71. The summed E-state index contributed by atoms with van der Waals surface area (Å²) in [6.07, 6.45) is 3.80. The number of rotatable bonds is 10. The summed E-state index contributed by atoms with van der Waals surface area (Å²) in [5, 5.41) is 24.3. The highest BCUT2D eigenvalue weighted by Gasteiger charge is 2.48. The Balaban J connectivity index is 1.27. The van der Waals surface area contributed by atoms with Gasteiger partial charge in [0.1, 0.15) is 24.0 Å². The maximum atomic E-state index is 13.4. The van der Waals surface area contributed by atoms with Crippen molar-refractivity contribution in [3.8, 4) is 0 Å². The van der Waals surface area contributed by atoms with Gasteiger partial charge < -0.3 is 10.6 Å². The van der Waals surface area contributed by atoms with Gasteiger partial charge in [-0.2, -0.15) is 18.3 Å². The first-order valence-corrected chi connectivity index (χ1v) is 11.6. The second-order valence-corrected chi connectivity index (χ2v) is 9.34. The summed E-state index contributed by atoms with van der Waals surface area (Å²) in [4.78, 5) is 26.2. The minimum absolute atomic E-state index is 0.00725. The number of hydrogen-bond acceptors (Lipinski definition) is 8. The molecule has 2 N–H and O–H groups in total. The SMILES string of the molecule is Cc1nonc1C(=O)N[C@H](C(=O)Nc1cnn(Cc2cn(CC(F)(F)F)nn2)c1)C(C1CC1)C1CC1. The molecule has 3 heterocycles. The monoisotopic (exact) mass is 507 g/mol. The molecule has 0 radical (unpaired) electrons. The zero-order valence-corrected chi connectivity index (χ0v) is 19.3. The van der Waals surface area contributed by atoms with Gasteiger partial charge in [0.25, 0.3) is 5.91 Å². The number of hydrogen-bond donors (Lipinski definition) is 2. The molecule has 0 unspecified atom stereocenters. The molecule has 0 bridgehead atoms. The van der Waals surface area contributed by atoms with Gasteiger partial charge in [0, 0.05) is 6.20 Å². The van der Waals surface area contributed by atoms with Crippen molar-refractivity contribution in [2.24, 2.45) is 17.8 Å². The molecule has 12 nitrogen and oxygen atoms in total. The number of anilines is 1. The molecule has 0 saturated heterocycles. The van der Waals surface area contributed by atoms with E-state index in [1.54, 1.807) is 6.92 Å². The fourth-order valence-corrected chi connectivity index (χ4v) is 4.45. The van der Waals surface area contributed by atoms with E-state index in [4.69, 9.17) is 0 Å². The van der Waals surface area contributed by atoms with Crippen molar-refractivity contribution in [2.75, 3.05) is 5.32 Å². The number of nitrogens with zero attached hydrogens (tertiary/aromatic N) is 7. The third-order valence-corrected chi connectivity index (χ3v) is 6.31. The Morgan fingerprint density at radius 3 is 2.47 bits per heavy atom. The highest BCUT2D eigenvalue weighted by atomic mass is 19.4. The van der Waals surface area contributed by atoms with Crippen molar-refractivity contribution in [1.29, 1.82) is 0 Å². The lowest BCUT2D eigenvalue weighted by Crippen LogP contribution is -2.50. The second-order valence-electron chi connectivity index (χ2n) is 9.34. The van der Waals surface area contributed by atoms with E-state index in [1.165, 1.54) is 23.3 Å². The molecule has 2 aliphatic rings. The number of aryl methyl sites for hydroxylation is 1. The van der Waals surface area contributed by atoms with Crippen molar-refractivity contribution in [3.05, 3.63) is 35.7 Å². The lowest BCUT2D eigenvalue weighted by molar-refractivity contribution is -0.142. The zero-order valence-electron chi connectivity index (χ0n) is 19.3. The Labute approximate surface area is 202 Å². The van der Waals surface area contributed by atoms with Crippen LogP contribution >= 0.6 is 0 Å². The summed E-state index contributed by atoms with van der Waals surface area (Å²) in [5.74, 6) is -0.165. The van der Waals surface area contributed by atoms with Crippen molar-refractivity contribution < 1.29 is 27.4 Å². The molecule has 3 aromatic rings. The van der Waals surface area contributed by atoms with E-state index in [0.717, 1.165) is 25.7 Å². The van der Waals surface area contributed by atoms with Crippen molar-refractivity contribution in [3.63, 3.8) is 0 Å². The number of amides is 2. The molecular weight excluding hydrogens is 483 g/mol. The van der Waals surface area contributed by atoms with Crippen molar-refractivity contribution in [2.45, 2.75) is 57.9 Å². The predicted octanol–water partition coefficient (Wildman–Crippen LogP) is 1.95. The third-order valence-electron chi connectivity index (χ3n) is 6.31. The van der Waals surface area contributed by atoms with Gasteiger partial charge in [-0.3, -0.25) is 14.3 Å². The summed E-state index contributed by atoms with van der Waals surface area (Å²) < 4.78 is 44.3. The highest BCUT2D eigenvalue weighted by molar-refractivity contribution is 6.00. The molecule has 36 heavy (non-hydrogen) atoms. The van der Waals surface area contributed by atoms with Crippen LogP contribution in [0.25, 0.3) is 0 Å². The van der Waals surface area contributed by atoms with E-state index in [9.17, 15) is 22.8 Å². The Hall–Kier alpha value is -3.78. The predicted molar refractivity (Wildman–Crippen MR) is 115 cm³/mol. The van der Waals surface area contributed by atoms with Gasteiger partial charge in [-0.25, -0.2) is 9.31 Å². The average molecular weight is 507 g/mol. The Kier molecular flexibility index (Phi) is 6.22. The Morgan fingerprint density at radius 2 is 1.86 bits per heavy atom. The van der Waals surface area contributed by atoms with Crippen LogP contribution in [-0.2, 0) is 17.9 Å². The number of carbonyl (C=O) groups excluding carboxylic acids is 2. The first-order valence-electron chi connectivity index (χ1n) is 11.6. The van der Waals surface area contributed by atoms with Crippen molar-refractivity contribution >= 4 is 17.5 Å². The molecule has 2 saturated carbocycles. The smallest absolute Gasteiger partial charge is 0.338 e. The fraction of sp³-hybridized carbons (Fsp3) is 0.571. The van der Waals surface area contributed by atoms with Gasteiger partial charge in [-0.05, 0) is 55.5 Å². The van der Waals surface area contributed by atoms with E-state index in [-0.39, 0.29) is 29.8 Å². The van der Waals surface area contributed by atoms with Crippen LogP contribution in [0, 0.1) is 24.7 Å². The van der Waals surface area contributed by atoms with E-state index in [0.29, 0.717) is 27.9 Å². The van der Waals surface area contributed by atoms with Crippen LogP contribution in [0.1, 0.15) is 47.6 Å². The second kappa shape index (κ2) is 9.35. The zero-order chi connectivity index (χ0) is 25.4. The molecular formula is C21H24F3N9O3. The lowest BCUT2D eigenvalue weighted by Gasteiger charge is -2.27. The topological polar surface area (TPSA) is 146 Å². The van der Waals surface area contributed by atoms with Crippen LogP contribution in [0.2, 0.25) is 0 Å². The summed E-state index contributed by atoms with van der Waals surface area (Å²) >= 11 is 0. The normalized spacial score (nSPS) is 16.8. The minimum atomic E-state index is -4.40. The van der Waals surface area contributed by atoms with Crippen molar-refractivity contribution in [1.82, 2.24) is 40.4 Å². The summed E-state index contributed by atoms with van der Waals surface area (Å²) in [5.41, 5.74) is 1.02. The molecule has 192 valence electrons. The van der Waals surface area contributed by atoms with E-state index >= 15 is 0 Å². The molecule has 3 aromatic heterocycles. The van der Waals surface area contributed by atoms with E-state index in [2.05, 4.69) is 41.0 Å². The fourth-order valence-electron chi connectivity index (χ4n) is 4.45. The lowest BCUT2D eigenvalue weighted by atomic mass is 9.88. The van der Waals surface area contributed by atoms with Crippen LogP contribution in [0.4, 0.5) is 18.9 Å². The number of nitrogens with one attached hydrogen (secondary N) is 2. The molecule has 0 spiro atoms. The minimum Gasteiger partial charge on any atom is -0.338 e. The number of carbonyl (C=O) groups is 2. The summed E-state index contributed by atoms with van der Waals surface area (Å²) in [7, 11) is 0. The van der Waals surface area contributed by atoms with Crippen LogP contribution < -0.4 is 10.6 Å². The molecule has 2 aliphatic carbocycles. The molecule has 0 aliphatic heterocycles. The first-order chi connectivity index (χ1) is 17.2. The van der Waals surface area contributed by atoms with Gasteiger partial charge in [0.05, 0.1) is 24.6 Å². The van der Waals surface area contributed by atoms with E-state index in [1.807, 2.05) is 0 Å². The quantitative estimate of drug-likeness (QED) is 0.424.